The number of nitrogens with one attached hydrogen (secondary N) is 1. The minimum Gasteiger partial charge on any atom is -0.378 e. The topological polar surface area (TPSA) is 59.0 Å². The molecule has 0 spiro atoms. The van der Waals surface area contributed by atoms with Crippen LogP contribution in [0.15, 0.2) is 10.4 Å². The standard InChI is InChI=1S/C19H36N4O2S/c1-8-20-19(21-11-10-17(14(3)4)25-9-2)23(6)12-16-13-26-18(22-16)15(5)24-7/h13-15,17H,8-12H2,1-7H3,(H,20,21). The van der Waals surface area contributed by atoms with Crippen molar-refractivity contribution in [3.8, 4) is 0 Å². The second-order valence-corrected chi connectivity index (χ2v) is 7.56. The predicted octanol–water partition coefficient (Wildman–Crippen LogP) is 3.70. The lowest BCUT2D eigenvalue weighted by atomic mass is 10.0. The Kier molecular flexibility index (Phi) is 10.8. The molecule has 0 amide bonds. The summed E-state index contributed by atoms with van der Waals surface area (Å²) < 4.78 is 11.2. The molecule has 26 heavy (non-hydrogen) atoms. The van der Waals surface area contributed by atoms with Crippen LogP contribution in [-0.2, 0) is 16.0 Å². The van der Waals surface area contributed by atoms with Crippen LogP contribution < -0.4 is 5.32 Å². The van der Waals surface area contributed by atoms with Gasteiger partial charge in [0.15, 0.2) is 5.96 Å². The number of hydrogen-bond donors (Lipinski definition) is 1. The quantitative estimate of drug-likeness (QED) is 0.466. The van der Waals surface area contributed by atoms with E-state index < -0.39 is 0 Å². The fourth-order valence-corrected chi connectivity index (χ4v) is 3.43. The number of methoxy groups -OCH3 is 1. The number of ether oxygens (including phenoxy) is 2. The van der Waals surface area contributed by atoms with Crippen molar-refractivity contribution < 1.29 is 9.47 Å². The van der Waals surface area contributed by atoms with Crippen molar-refractivity contribution in [3.63, 3.8) is 0 Å². The van der Waals surface area contributed by atoms with Crippen molar-refractivity contribution in [3.05, 3.63) is 16.1 Å². The minimum absolute atomic E-state index is 0.0347. The van der Waals surface area contributed by atoms with Crippen LogP contribution >= 0.6 is 11.3 Å². The summed E-state index contributed by atoms with van der Waals surface area (Å²) in [7, 11) is 3.75. The van der Waals surface area contributed by atoms with Gasteiger partial charge in [-0.25, -0.2) is 4.98 Å². The molecular formula is C19H36N4O2S. The van der Waals surface area contributed by atoms with Gasteiger partial charge in [-0.2, -0.15) is 0 Å². The summed E-state index contributed by atoms with van der Waals surface area (Å²) >= 11 is 1.64. The Morgan fingerprint density at radius 3 is 2.65 bits per heavy atom. The second-order valence-electron chi connectivity index (χ2n) is 6.67. The molecule has 6 nitrogen and oxygen atoms in total. The van der Waals surface area contributed by atoms with Crippen molar-refractivity contribution >= 4 is 17.3 Å². The molecule has 1 aromatic rings. The van der Waals surface area contributed by atoms with Gasteiger partial charge >= 0.3 is 0 Å². The van der Waals surface area contributed by atoms with Crippen LogP contribution in [0.1, 0.15) is 57.8 Å². The van der Waals surface area contributed by atoms with Crippen molar-refractivity contribution in [2.75, 3.05) is 33.9 Å². The van der Waals surface area contributed by atoms with E-state index in [1.54, 1.807) is 18.4 Å². The minimum atomic E-state index is 0.0347. The molecule has 0 saturated heterocycles. The molecule has 2 atom stereocenters. The molecule has 0 bridgehead atoms. The highest BCUT2D eigenvalue weighted by molar-refractivity contribution is 7.09. The summed E-state index contributed by atoms with van der Waals surface area (Å²) in [6.45, 7) is 13.6. The number of nitrogens with zero attached hydrogens (tertiary/aromatic N) is 3. The van der Waals surface area contributed by atoms with Crippen molar-refractivity contribution in [1.29, 1.82) is 0 Å². The predicted molar refractivity (Wildman–Crippen MR) is 110 cm³/mol. The third-order valence-corrected chi connectivity index (χ3v) is 5.22. The largest absolute Gasteiger partial charge is 0.378 e. The van der Waals surface area contributed by atoms with E-state index in [2.05, 4.69) is 41.4 Å². The summed E-state index contributed by atoms with van der Waals surface area (Å²) in [4.78, 5) is 11.6. The van der Waals surface area contributed by atoms with E-state index in [9.17, 15) is 0 Å². The fourth-order valence-electron chi connectivity index (χ4n) is 2.59. The number of aliphatic imine (C=N–C) groups is 1. The first kappa shape index (κ1) is 22.9. The van der Waals surface area contributed by atoms with Gasteiger partial charge in [0.25, 0.3) is 0 Å². The highest BCUT2D eigenvalue weighted by Crippen LogP contribution is 2.21. The first-order valence-corrected chi connectivity index (χ1v) is 10.4. The van der Waals surface area contributed by atoms with Gasteiger partial charge in [-0.15, -0.1) is 11.3 Å². The summed E-state index contributed by atoms with van der Waals surface area (Å²) in [5, 5.41) is 6.47. The van der Waals surface area contributed by atoms with Gasteiger partial charge in [-0.1, -0.05) is 13.8 Å². The molecule has 0 aromatic carbocycles. The average molecular weight is 385 g/mol. The Morgan fingerprint density at radius 1 is 1.35 bits per heavy atom. The maximum absolute atomic E-state index is 5.81. The molecule has 7 heteroatoms. The molecule has 1 heterocycles. The van der Waals surface area contributed by atoms with E-state index in [0.29, 0.717) is 5.92 Å². The highest BCUT2D eigenvalue weighted by atomic mass is 32.1. The van der Waals surface area contributed by atoms with Crippen molar-refractivity contribution in [1.82, 2.24) is 15.2 Å². The van der Waals surface area contributed by atoms with Gasteiger partial charge in [0, 0.05) is 39.2 Å². The van der Waals surface area contributed by atoms with Gasteiger partial charge in [0.2, 0.25) is 0 Å². The smallest absolute Gasteiger partial charge is 0.194 e. The normalized spacial score (nSPS) is 14.5. The number of hydrogen-bond acceptors (Lipinski definition) is 5. The average Bonchev–Trinajstić information content (AvgIpc) is 3.07. The Hall–Kier alpha value is -1.18. The van der Waals surface area contributed by atoms with E-state index in [4.69, 9.17) is 14.5 Å². The lowest BCUT2D eigenvalue weighted by Gasteiger charge is -2.23. The third-order valence-electron chi connectivity index (χ3n) is 4.17. The van der Waals surface area contributed by atoms with Crippen LogP contribution in [0.25, 0.3) is 0 Å². The summed E-state index contributed by atoms with van der Waals surface area (Å²) in [5.74, 6) is 1.41. The van der Waals surface area contributed by atoms with Crippen molar-refractivity contribution in [2.24, 2.45) is 10.9 Å². The zero-order chi connectivity index (χ0) is 19.5. The molecule has 1 aromatic heterocycles. The zero-order valence-corrected chi connectivity index (χ0v) is 18.2. The monoisotopic (exact) mass is 384 g/mol. The van der Waals surface area contributed by atoms with Crippen LogP contribution in [0.3, 0.4) is 0 Å². The maximum atomic E-state index is 5.81. The molecule has 0 aliphatic rings. The second kappa shape index (κ2) is 12.3. The van der Waals surface area contributed by atoms with Crippen LogP contribution in [0.5, 0.6) is 0 Å². The maximum Gasteiger partial charge on any atom is 0.194 e. The van der Waals surface area contributed by atoms with Crippen LogP contribution in [-0.4, -0.2) is 55.8 Å². The van der Waals surface area contributed by atoms with E-state index in [1.807, 2.05) is 20.9 Å². The van der Waals surface area contributed by atoms with Gasteiger partial charge in [-0.3, -0.25) is 4.99 Å². The van der Waals surface area contributed by atoms with Crippen LogP contribution in [0.4, 0.5) is 0 Å². The molecule has 1 N–H and O–H groups in total. The third kappa shape index (κ3) is 7.60. The molecule has 0 aliphatic carbocycles. The van der Waals surface area contributed by atoms with Gasteiger partial charge in [-0.05, 0) is 33.1 Å². The molecule has 1 rings (SSSR count). The number of aromatic nitrogens is 1. The van der Waals surface area contributed by atoms with Crippen LogP contribution in [0, 0.1) is 5.92 Å². The summed E-state index contributed by atoms with van der Waals surface area (Å²) in [6.07, 6.45) is 1.22. The van der Waals surface area contributed by atoms with Gasteiger partial charge in [0.05, 0.1) is 18.3 Å². The molecule has 2 unspecified atom stereocenters. The van der Waals surface area contributed by atoms with E-state index >= 15 is 0 Å². The Morgan fingerprint density at radius 2 is 2.08 bits per heavy atom. The SMILES string of the molecule is CCNC(=NCCC(OCC)C(C)C)N(C)Cc1csc(C(C)OC)n1. The summed E-state index contributed by atoms with van der Waals surface area (Å²) in [6, 6.07) is 0. The molecular weight excluding hydrogens is 348 g/mol. The first-order chi connectivity index (χ1) is 12.4. The van der Waals surface area contributed by atoms with E-state index in [0.717, 1.165) is 49.3 Å². The lowest BCUT2D eigenvalue weighted by molar-refractivity contribution is 0.0266. The molecule has 0 aliphatic heterocycles. The summed E-state index contributed by atoms with van der Waals surface area (Å²) in [5.41, 5.74) is 1.04. The van der Waals surface area contributed by atoms with E-state index in [1.165, 1.54) is 0 Å². The molecule has 0 fully saturated rings. The first-order valence-electron chi connectivity index (χ1n) is 9.50. The Labute approximate surface area is 163 Å². The van der Waals surface area contributed by atoms with Gasteiger partial charge in [0.1, 0.15) is 11.1 Å². The van der Waals surface area contributed by atoms with Crippen LogP contribution in [0.2, 0.25) is 0 Å². The number of thiazole rings is 1. The molecule has 150 valence electrons. The highest BCUT2D eigenvalue weighted by Gasteiger charge is 2.15. The van der Waals surface area contributed by atoms with E-state index in [-0.39, 0.29) is 12.2 Å². The lowest BCUT2D eigenvalue weighted by Crippen LogP contribution is -2.38. The Balaban J connectivity index is 2.67. The number of guanidine groups is 1. The molecule has 0 saturated carbocycles. The fraction of sp³-hybridized carbons (Fsp3) is 0.789. The number of rotatable bonds is 11. The van der Waals surface area contributed by atoms with Gasteiger partial charge < -0.3 is 19.7 Å². The molecule has 0 radical (unpaired) electrons. The Bertz CT molecular complexity index is 533. The zero-order valence-electron chi connectivity index (χ0n) is 17.4. The van der Waals surface area contributed by atoms with Crippen molar-refractivity contribution in [2.45, 2.75) is 59.8 Å².